The molecule has 0 radical (unpaired) electrons. The molecule has 6 nitrogen and oxygen atoms in total. The Morgan fingerprint density at radius 1 is 1.12 bits per heavy atom. The van der Waals surface area contributed by atoms with Gasteiger partial charge in [-0.3, -0.25) is 14.6 Å². The first-order chi connectivity index (χ1) is 10.9. The number of hydrogen-bond acceptors (Lipinski definition) is 5. The first kappa shape index (κ1) is 24.7. The number of rotatable bonds is 5. The minimum Gasteiger partial charge on any atom is -0.379 e. The first-order valence-electron chi connectivity index (χ1n) is 8.00. The van der Waals surface area contributed by atoms with Gasteiger partial charge in [0.25, 0.3) is 0 Å². The second-order valence-corrected chi connectivity index (χ2v) is 5.91. The van der Waals surface area contributed by atoms with Crippen molar-refractivity contribution in [3.8, 4) is 0 Å². The fourth-order valence-electron chi connectivity index (χ4n) is 2.92. The summed E-state index contributed by atoms with van der Waals surface area (Å²) in [6, 6.07) is -2.08. The van der Waals surface area contributed by atoms with Crippen molar-refractivity contribution in [2.24, 2.45) is 0 Å². The fraction of sp³-hybridized carbons (Fsp3) is 0.929. The zero-order valence-corrected chi connectivity index (χ0v) is 15.8. The average Bonchev–Trinajstić information content (AvgIpc) is 2.54. The molecule has 0 bridgehead atoms. The molecule has 0 aliphatic carbocycles. The highest BCUT2D eigenvalue weighted by Crippen LogP contribution is 2.24. The van der Waals surface area contributed by atoms with Gasteiger partial charge in [0.2, 0.25) is 5.91 Å². The van der Waals surface area contributed by atoms with Crippen molar-refractivity contribution in [1.82, 2.24) is 20.4 Å². The van der Waals surface area contributed by atoms with E-state index in [0.29, 0.717) is 52.5 Å². The molecule has 0 aromatic rings. The summed E-state index contributed by atoms with van der Waals surface area (Å²) in [5.41, 5.74) is 0. The Bertz CT molecular complexity index is 393. The topological polar surface area (TPSA) is 56.8 Å². The molecule has 2 atom stereocenters. The molecule has 2 heterocycles. The molecule has 2 N–H and O–H groups in total. The minimum atomic E-state index is -4.35. The number of halogens is 5. The zero-order valence-electron chi connectivity index (χ0n) is 14.2. The number of nitrogens with zero attached hydrogens (tertiary/aromatic N) is 2. The van der Waals surface area contributed by atoms with Crippen molar-refractivity contribution in [3.63, 3.8) is 0 Å². The second kappa shape index (κ2) is 11.4. The van der Waals surface area contributed by atoms with Gasteiger partial charge in [-0.2, -0.15) is 13.2 Å². The molecule has 2 unspecified atom stereocenters. The molecule has 0 aromatic heterocycles. The summed E-state index contributed by atoms with van der Waals surface area (Å²) in [6.07, 6.45) is -4.35. The Labute approximate surface area is 158 Å². The third kappa shape index (κ3) is 7.44. The van der Waals surface area contributed by atoms with Gasteiger partial charge in [0.1, 0.15) is 6.04 Å². The third-order valence-electron chi connectivity index (χ3n) is 4.41. The minimum absolute atomic E-state index is 0. The molecule has 11 heteroatoms. The standard InChI is InChI=1S/C14H25F3N4O2.2ClH/c1-11(20-6-8-23-9-7-20)13(22)19-10-12(14(15,16)17)21-4-2-18-3-5-21;;/h11-12,18H,2-10H2,1H3,(H,19,22);2*1H. The molecule has 25 heavy (non-hydrogen) atoms. The van der Waals surface area contributed by atoms with Crippen molar-refractivity contribution in [2.45, 2.75) is 25.2 Å². The van der Waals surface area contributed by atoms with Crippen molar-refractivity contribution in [2.75, 3.05) is 59.0 Å². The molecule has 0 spiro atoms. The van der Waals surface area contributed by atoms with Crippen LogP contribution in [0.2, 0.25) is 0 Å². The Hall–Kier alpha value is -0.320. The zero-order chi connectivity index (χ0) is 16.9. The molecule has 0 aromatic carbocycles. The maximum Gasteiger partial charge on any atom is 0.405 e. The van der Waals surface area contributed by atoms with E-state index < -0.39 is 24.8 Å². The summed E-state index contributed by atoms with van der Waals surface area (Å²) >= 11 is 0. The van der Waals surface area contributed by atoms with E-state index in [4.69, 9.17) is 4.74 Å². The van der Waals surface area contributed by atoms with Crippen LogP contribution < -0.4 is 10.6 Å². The monoisotopic (exact) mass is 410 g/mol. The smallest absolute Gasteiger partial charge is 0.379 e. The molecule has 2 rings (SSSR count). The van der Waals surface area contributed by atoms with E-state index >= 15 is 0 Å². The molecule has 150 valence electrons. The number of piperazine rings is 1. The van der Waals surface area contributed by atoms with Gasteiger partial charge in [-0.25, -0.2) is 0 Å². The number of alkyl halides is 3. The molecule has 1 amide bonds. The van der Waals surface area contributed by atoms with E-state index in [1.54, 1.807) is 6.92 Å². The summed E-state index contributed by atoms with van der Waals surface area (Å²) in [6.45, 7) is 5.37. The quantitative estimate of drug-likeness (QED) is 0.691. The lowest BCUT2D eigenvalue weighted by molar-refractivity contribution is -0.184. The van der Waals surface area contributed by atoms with Crippen LogP contribution in [0.3, 0.4) is 0 Å². The number of ether oxygens (including phenoxy) is 1. The lowest BCUT2D eigenvalue weighted by Gasteiger charge is -2.36. The number of nitrogens with one attached hydrogen (secondary N) is 2. The van der Waals surface area contributed by atoms with Gasteiger partial charge in [0.05, 0.1) is 19.3 Å². The Kier molecular flexibility index (Phi) is 11.3. The summed E-state index contributed by atoms with van der Waals surface area (Å²) < 4.78 is 45.0. The van der Waals surface area contributed by atoms with Gasteiger partial charge >= 0.3 is 6.18 Å². The maximum absolute atomic E-state index is 13.3. The number of amides is 1. The summed E-state index contributed by atoms with van der Waals surface area (Å²) in [7, 11) is 0. The first-order valence-corrected chi connectivity index (χ1v) is 8.00. The number of carbonyl (C=O) groups is 1. The van der Waals surface area contributed by atoms with Gasteiger partial charge in [-0.1, -0.05) is 0 Å². The van der Waals surface area contributed by atoms with Crippen LogP contribution >= 0.6 is 24.8 Å². The van der Waals surface area contributed by atoms with E-state index in [2.05, 4.69) is 10.6 Å². The van der Waals surface area contributed by atoms with Crippen LogP contribution in [0.5, 0.6) is 0 Å². The van der Waals surface area contributed by atoms with E-state index in [-0.39, 0.29) is 30.7 Å². The third-order valence-corrected chi connectivity index (χ3v) is 4.41. The molecule has 2 aliphatic rings. The van der Waals surface area contributed by atoms with Crippen LogP contribution in [0.4, 0.5) is 13.2 Å². The van der Waals surface area contributed by atoms with Gasteiger partial charge in [-0.15, -0.1) is 24.8 Å². The molecular formula is C14H27Cl2F3N4O2. The van der Waals surface area contributed by atoms with Crippen molar-refractivity contribution in [1.29, 1.82) is 0 Å². The Morgan fingerprint density at radius 2 is 1.68 bits per heavy atom. The summed E-state index contributed by atoms with van der Waals surface area (Å²) in [5.74, 6) is -0.365. The van der Waals surface area contributed by atoms with Gasteiger partial charge in [0.15, 0.2) is 0 Å². The molecule has 2 saturated heterocycles. The lowest BCUT2D eigenvalue weighted by atomic mass is 10.2. The highest BCUT2D eigenvalue weighted by Gasteiger charge is 2.44. The summed E-state index contributed by atoms with van der Waals surface area (Å²) in [5, 5.41) is 5.51. The number of carbonyl (C=O) groups excluding carboxylic acids is 1. The van der Waals surface area contributed by atoms with E-state index in [0.717, 1.165) is 0 Å². The van der Waals surface area contributed by atoms with E-state index in [1.807, 2.05) is 4.90 Å². The SMILES string of the molecule is CC(C(=O)NCC(N1CCNCC1)C(F)(F)F)N1CCOCC1.Cl.Cl. The van der Waals surface area contributed by atoms with Crippen LogP contribution in [0.15, 0.2) is 0 Å². The second-order valence-electron chi connectivity index (χ2n) is 5.91. The predicted octanol–water partition coefficient (Wildman–Crippen LogP) is 0.503. The van der Waals surface area contributed by atoms with Crippen LogP contribution in [0.25, 0.3) is 0 Å². The fourth-order valence-corrected chi connectivity index (χ4v) is 2.92. The maximum atomic E-state index is 13.3. The van der Waals surface area contributed by atoms with Crippen molar-refractivity contribution < 1.29 is 22.7 Å². The van der Waals surface area contributed by atoms with Crippen LogP contribution in [-0.4, -0.2) is 93.0 Å². The van der Waals surface area contributed by atoms with E-state index in [1.165, 1.54) is 4.90 Å². The number of hydrogen-bond donors (Lipinski definition) is 2. The van der Waals surface area contributed by atoms with Gasteiger partial charge in [-0.05, 0) is 6.92 Å². The van der Waals surface area contributed by atoms with Gasteiger partial charge in [0, 0.05) is 45.8 Å². The van der Waals surface area contributed by atoms with Crippen LogP contribution in [0, 0.1) is 0 Å². The normalized spacial score (nSPS) is 22.2. The Balaban J connectivity index is 0.00000288. The highest BCUT2D eigenvalue weighted by molar-refractivity contribution is 5.85. The van der Waals surface area contributed by atoms with Crippen LogP contribution in [-0.2, 0) is 9.53 Å². The van der Waals surface area contributed by atoms with Gasteiger partial charge < -0.3 is 15.4 Å². The Morgan fingerprint density at radius 3 is 2.20 bits per heavy atom. The van der Waals surface area contributed by atoms with Crippen molar-refractivity contribution >= 4 is 30.7 Å². The van der Waals surface area contributed by atoms with E-state index in [9.17, 15) is 18.0 Å². The molecule has 2 fully saturated rings. The summed E-state index contributed by atoms with van der Waals surface area (Å²) in [4.78, 5) is 15.5. The molecule has 2 aliphatic heterocycles. The van der Waals surface area contributed by atoms with Crippen LogP contribution in [0.1, 0.15) is 6.92 Å². The van der Waals surface area contributed by atoms with Crippen molar-refractivity contribution in [3.05, 3.63) is 0 Å². The molecule has 0 saturated carbocycles. The molecular weight excluding hydrogens is 384 g/mol. The average molecular weight is 411 g/mol. The largest absolute Gasteiger partial charge is 0.405 e. The highest BCUT2D eigenvalue weighted by atomic mass is 35.5. The number of morpholine rings is 1. The lowest BCUT2D eigenvalue weighted by Crippen LogP contribution is -2.59. The predicted molar refractivity (Wildman–Crippen MR) is 93.6 cm³/mol.